The number of amidine groups is 1. The fourth-order valence-electron chi connectivity index (χ4n) is 2.91. The van der Waals surface area contributed by atoms with E-state index in [1.807, 2.05) is 0 Å². The number of para-hydroxylation sites is 1. The Morgan fingerprint density at radius 1 is 0.833 bits per heavy atom. The average Bonchev–Trinajstić information content (AvgIpc) is 3.09. The van der Waals surface area contributed by atoms with Crippen molar-refractivity contribution in [2.45, 2.75) is 30.3 Å². The topological polar surface area (TPSA) is 88.6 Å². The first-order chi connectivity index (χ1) is 13.7. The Balaban J connectivity index is 0.000000214. The van der Waals surface area contributed by atoms with Gasteiger partial charge in [0.25, 0.3) is 5.84 Å². The second-order valence-electron chi connectivity index (χ2n) is 6.26. The molecule has 2 aliphatic rings. The first kappa shape index (κ1) is 24.4. The molecule has 0 aliphatic carbocycles. The Morgan fingerprint density at radius 3 is 1.83 bits per heavy atom. The predicted octanol–water partition coefficient (Wildman–Crippen LogP) is 3.16. The number of anilines is 1. The fraction of sp³-hybridized carbons (Fsp3) is 0.533. The SMILES string of the molecule is O=S(=O)([N-]S(=O)(=O)C(F)(F)F)C(F)(F)F.c1ccc(N2CCC[N+]3=C2CCC3)cc1. The number of benzene rings is 1. The van der Waals surface area contributed by atoms with Crippen LogP contribution in [0.4, 0.5) is 32.0 Å². The van der Waals surface area contributed by atoms with Gasteiger partial charge in [-0.05, 0) is 18.6 Å². The summed E-state index contributed by atoms with van der Waals surface area (Å²) < 4.78 is 112. The van der Waals surface area contributed by atoms with Gasteiger partial charge in [-0.3, -0.25) is 4.58 Å². The molecular formula is C15H17F6N3O4S2. The highest BCUT2D eigenvalue weighted by atomic mass is 32.3. The van der Waals surface area contributed by atoms with E-state index in [-0.39, 0.29) is 0 Å². The van der Waals surface area contributed by atoms with Crippen LogP contribution >= 0.6 is 0 Å². The molecule has 3 rings (SSSR count). The van der Waals surface area contributed by atoms with Gasteiger partial charge in [0, 0.05) is 6.42 Å². The molecule has 0 radical (unpaired) electrons. The minimum Gasteiger partial charge on any atom is -0.421 e. The second-order valence-corrected chi connectivity index (χ2v) is 9.69. The van der Waals surface area contributed by atoms with Gasteiger partial charge >= 0.3 is 11.0 Å². The molecule has 0 atom stereocenters. The van der Waals surface area contributed by atoms with Crippen LogP contribution in [0.3, 0.4) is 0 Å². The first-order valence-electron chi connectivity index (χ1n) is 8.46. The lowest BCUT2D eigenvalue weighted by molar-refractivity contribution is -0.523. The molecule has 170 valence electrons. The summed E-state index contributed by atoms with van der Waals surface area (Å²) in [7, 11) is -13.4. The van der Waals surface area contributed by atoms with Crippen molar-refractivity contribution in [3.8, 4) is 0 Å². The summed E-state index contributed by atoms with van der Waals surface area (Å²) in [5, 5.41) is 0. The Labute approximate surface area is 169 Å². The number of nitrogens with zero attached hydrogens (tertiary/aromatic N) is 3. The maximum absolute atomic E-state index is 11.4. The van der Waals surface area contributed by atoms with Crippen LogP contribution in [-0.4, -0.2) is 57.9 Å². The van der Waals surface area contributed by atoms with Crippen LogP contribution in [-0.2, 0) is 20.0 Å². The fourth-order valence-corrected chi connectivity index (χ4v) is 4.62. The molecule has 0 spiro atoms. The van der Waals surface area contributed by atoms with Crippen molar-refractivity contribution in [3.63, 3.8) is 0 Å². The van der Waals surface area contributed by atoms with Crippen molar-refractivity contribution in [3.05, 3.63) is 34.5 Å². The van der Waals surface area contributed by atoms with Crippen molar-refractivity contribution in [2.75, 3.05) is 24.5 Å². The second kappa shape index (κ2) is 8.70. The third-order valence-corrected chi connectivity index (χ3v) is 6.90. The first-order valence-corrected chi connectivity index (χ1v) is 11.3. The zero-order chi connectivity index (χ0) is 22.8. The molecule has 30 heavy (non-hydrogen) atoms. The van der Waals surface area contributed by atoms with E-state index >= 15 is 0 Å². The number of sulfonamides is 2. The summed E-state index contributed by atoms with van der Waals surface area (Å²) in [5.74, 6) is 1.55. The number of hydrogen-bond donors (Lipinski definition) is 0. The van der Waals surface area contributed by atoms with Crippen LogP contribution in [0.5, 0.6) is 0 Å². The maximum atomic E-state index is 11.4. The largest absolute Gasteiger partial charge is 0.480 e. The van der Waals surface area contributed by atoms with E-state index in [0.29, 0.717) is 0 Å². The van der Waals surface area contributed by atoms with Gasteiger partial charge in [-0.1, -0.05) is 18.2 Å². The maximum Gasteiger partial charge on any atom is 0.480 e. The summed E-state index contributed by atoms with van der Waals surface area (Å²) in [5.41, 5.74) is -11.0. The van der Waals surface area contributed by atoms with Gasteiger partial charge < -0.3 is 4.13 Å². The van der Waals surface area contributed by atoms with Gasteiger partial charge in [0.15, 0.2) is 20.0 Å². The number of rotatable bonds is 3. The number of alkyl halides is 6. The lowest BCUT2D eigenvalue weighted by atomic mass is 10.2. The molecule has 2 heterocycles. The standard InChI is InChI=1S/C13H17N2.C2F6NO4S2/c1-2-6-12(7-3-1)15-11-5-10-14-9-4-8-13(14)15;3-1(4,5)14(10,11)9-15(12,13)2(6,7)8/h1-3,6-7H,4-5,8-11H2;/q+1;-1. The minimum atomic E-state index is -6.72. The highest BCUT2D eigenvalue weighted by molar-refractivity contribution is 8.13. The molecule has 15 heteroatoms. The van der Waals surface area contributed by atoms with Gasteiger partial charge in [-0.2, -0.15) is 26.3 Å². The van der Waals surface area contributed by atoms with Crippen LogP contribution in [0.15, 0.2) is 30.3 Å². The van der Waals surface area contributed by atoms with E-state index < -0.39 is 31.1 Å². The molecule has 1 aromatic carbocycles. The highest BCUT2D eigenvalue weighted by Crippen LogP contribution is 2.36. The summed E-state index contributed by atoms with van der Waals surface area (Å²) in [6.45, 7) is 3.72. The Bertz CT molecular complexity index is 947. The van der Waals surface area contributed by atoms with E-state index in [0.717, 1.165) is 4.13 Å². The molecule has 0 bridgehead atoms. The van der Waals surface area contributed by atoms with Gasteiger partial charge in [0.05, 0.1) is 26.1 Å². The highest BCUT2D eigenvalue weighted by Gasteiger charge is 2.47. The zero-order valence-electron chi connectivity index (χ0n) is 15.2. The van der Waals surface area contributed by atoms with Gasteiger partial charge in [-0.25, -0.2) is 21.7 Å². The van der Waals surface area contributed by atoms with E-state index in [9.17, 15) is 43.2 Å². The molecule has 1 aromatic rings. The quantitative estimate of drug-likeness (QED) is 0.489. The average molecular weight is 481 g/mol. The number of hydrogen-bond acceptors (Lipinski definition) is 5. The summed E-state index contributed by atoms with van der Waals surface area (Å²) in [6.07, 6.45) is 3.88. The normalized spacial score (nSPS) is 18.0. The van der Waals surface area contributed by atoms with Crippen LogP contribution < -0.4 is 4.90 Å². The predicted molar refractivity (Wildman–Crippen MR) is 95.9 cm³/mol. The van der Waals surface area contributed by atoms with E-state index in [1.165, 1.54) is 44.6 Å². The van der Waals surface area contributed by atoms with E-state index in [2.05, 4.69) is 39.8 Å². The smallest absolute Gasteiger partial charge is 0.421 e. The molecule has 7 nitrogen and oxygen atoms in total. The molecule has 0 N–H and O–H groups in total. The Morgan fingerprint density at radius 2 is 1.33 bits per heavy atom. The van der Waals surface area contributed by atoms with Crippen LogP contribution in [0.1, 0.15) is 19.3 Å². The summed E-state index contributed by atoms with van der Waals surface area (Å²) in [4.78, 5) is 2.50. The Hall–Kier alpha value is -1.87. The third-order valence-electron chi connectivity index (χ3n) is 4.16. The third kappa shape index (κ3) is 5.63. The van der Waals surface area contributed by atoms with Crippen LogP contribution in [0.2, 0.25) is 0 Å². The van der Waals surface area contributed by atoms with Crippen molar-refractivity contribution in [1.82, 2.24) is 0 Å². The van der Waals surface area contributed by atoms with Crippen molar-refractivity contribution >= 4 is 31.6 Å². The minimum absolute atomic E-state index is 0.778. The van der Waals surface area contributed by atoms with Crippen molar-refractivity contribution < 1.29 is 47.8 Å². The van der Waals surface area contributed by atoms with Crippen molar-refractivity contribution in [1.29, 1.82) is 0 Å². The molecule has 0 fully saturated rings. The Kier molecular flexibility index (Phi) is 7.08. The van der Waals surface area contributed by atoms with Gasteiger partial charge in [-0.15, -0.1) is 0 Å². The molecule has 0 saturated carbocycles. The lowest BCUT2D eigenvalue weighted by Gasteiger charge is -2.23. The van der Waals surface area contributed by atoms with Crippen LogP contribution in [0.25, 0.3) is 4.13 Å². The lowest BCUT2D eigenvalue weighted by Crippen LogP contribution is -2.41. The van der Waals surface area contributed by atoms with Gasteiger partial charge in [0.2, 0.25) is 0 Å². The molecule has 0 amide bonds. The zero-order valence-corrected chi connectivity index (χ0v) is 16.8. The van der Waals surface area contributed by atoms with Crippen molar-refractivity contribution in [2.24, 2.45) is 0 Å². The van der Waals surface area contributed by atoms with Crippen LogP contribution in [0, 0.1) is 0 Å². The molecule has 0 saturated heterocycles. The molecule has 2 aliphatic heterocycles. The molecule has 0 unspecified atom stereocenters. The molecular weight excluding hydrogens is 464 g/mol. The van der Waals surface area contributed by atoms with E-state index in [1.54, 1.807) is 5.84 Å². The molecule has 0 aromatic heterocycles. The summed E-state index contributed by atoms with van der Waals surface area (Å²) in [6, 6.07) is 10.8. The monoisotopic (exact) mass is 481 g/mol. The van der Waals surface area contributed by atoms with E-state index in [4.69, 9.17) is 0 Å². The van der Waals surface area contributed by atoms with Gasteiger partial charge in [0.1, 0.15) is 5.69 Å². The number of halogens is 6. The summed E-state index contributed by atoms with van der Waals surface area (Å²) >= 11 is 0.